The first-order valence-electron chi connectivity index (χ1n) is 10.9. The molecule has 3 rings (SSSR count). The molecule has 0 saturated heterocycles. The van der Waals surface area contributed by atoms with Crippen molar-refractivity contribution in [3.63, 3.8) is 0 Å². The lowest BCUT2D eigenvalue weighted by atomic mass is 10.0. The highest BCUT2D eigenvalue weighted by molar-refractivity contribution is 6.34. The molecule has 0 unspecified atom stereocenters. The van der Waals surface area contributed by atoms with E-state index >= 15 is 0 Å². The first kappa shape index (κ1) is 25.9. The van der Waals surface area contributed by atoms with E-state index in [4.69, 9.17) is 32.7 Å². The minimum Gasteiger partial charge on any atom is -0.490 e. The molecule has 5 nitrogen and oxygen atoms in total. The lowest BCUT2D eigenvalue weighted by Gasteiger charge is -2.17. The topological polar surface area (TPSA) is 71.4 Å². The molecule has 1 N–H and O–H groups in total. The van der Waals surface area contributed by atoms with Crippen molar-refractivity contribution in [2.24, 2.45) is 0 Å². The van der Waals surface area contributed by atoms with Crippen molar-refractivity contribution in [3.05, 3.63) is 106 Å². The van der Waals surface area contributed by atoms with Gasteiger partial charge in [-0.3, -0.25) is 4.79 Å². The number of nitrogens with one attached hydrogen (secondary N) is 1. The number of amides is 1. The highest BCUT2D eigenvalue weighted by atomic mass is 35.5. The third-order valence-electron chi connectivity index (χ3n) is 4.95. The second-order valence-corrected chi connectivity index (χ2v) is 8.23. The van der Waals surface area contributed by atoms with Crippen molar-refractivity contribution < 1.29 is 14.3 Å². The molecule has 0 aliphatic carbocycles. The van der Waals surface area contributed by atoms with Crippen molar-refractivity contribution in [1.29, 1.82) is 5.26 Å². The van der Waals surface area contributed by atoms with Crippen LogP contribution in [0.1, 0.15) is 23.6 Å². The summed E-state index contributed by atoms with van der Waals surface area (Å²) in [5.74, 6) is 0.486. The number of nitriles is 1. The number of rotatable bonds is 10. The van der Waals surface area contributed by atoms with E-state index in [0.717, 1.165) is 11.1 Å². The number of ether oxygens (including phenoxy) is 2. The number of allylic oxidation sites excluding steroid dienone is 1. The Kier molecular flexibility index (Phi) is 9.37. The van der Waals surface area contributed by atoms with Gasteiger partial charge in [0.2, 0.25) is 0 Å². The Morgan fingerprint density at radius 1 is 1.06 bits per heavy atom. The Morgan fingerprint density at radius 3 is 2.43 bits per heavy atom. The number of halogens is 2. The zero-order valence-corrected chi connectivity index (χ0v) is 20.7. The second kappa shape index (κ2) is 12.7. The van der Waals surface area contributed by atoms with Crippen LogP contribution in [-0.4, -0.2) is 12.5 Å². The van der Waals surface area contributed by atoms with Gasteiger partial charge in [0.15, 0.2) is 11.5 Å². The van der Waals surface area contributed by atoms with Crippen molar-refractivity contribution in [2.45, 2.75) is 20.0 Å². The van der Waals surface area contributed by atoms with Crippen LogP contribution < -0.4 is 14.8 Å². The van der Waals surface area contributed by atoms with Crippen LogP contribution in [0.3, 0.4) is 0 Å². The molecular formula is C28H24Cl2N2O3. The normalized spacial score (nSPS) is 10.9. The van der Waals surface area contributed by atoms with Crippen molar-refractivity contribution in [3.8, 4) is 17.6 Å². The monoisotopic (exact) mass is 506 g/mol. The third kappa shape index (κ3) is 6.89. The minimum absolute atomic E-state index is 0.0818. The highest BCUT2D eigenvalue weighted by Crippen LogP contribution is 2.36. The highest BCUT2D eigenvalue weighted by Gasteiger charge is 2.16. The zero-order chi connectivity index (χ0) is 25.2. The SMILES string of the molecule is C=CCc1cc(/C=C(\C#N)C(=O)Nc2ccccc2Cl)cc(OCC)c1OCc1ccccc1Cl. The van der Waals surface area contributed by atoms with Crippen LogP contribution in [0.4, 0.5) is 5.69 Å². The van der Waals surface area contributed by atoms with Crippen LogP contribution in [0.2, 0.25) is 10.0 Å². The molecule has 0 spiro atoms. The first-order valence-corrected chi connectivity index (χ1v) is 11.7. The van der Waals surface area contributed by atoms with Crippen LogP contribution in [0.5, 0.6) is 11.5 Å². The second-order valence-electron chi connectivity index (χ2n) is 7.42. The zero-order valence-electron chi connectivity index (χ0n) is 19.2. The third-order valence-corrected chi connectivity index (χ3v) is 5.64. The molecule has 0 atom stereocenters. The molecule has 3 aromatic carbocycles. The van der Waals surface area contributed by atoms with Gasteiger partial charge < -0.3 is 14.8 Å². The van der Waals surface area contributed by atoms with E-state index in [1.54, 1.807) is 42.5 Å². The van der Waals surface area contributed by atoms with E-state index in [1.165, 1.54) is 6.08 Å². The molecule has 0 saturated carbocycles. The fraction of sp³-hybridized carbons (Fsp3) is 0.143. The van der Waals surface area contributed by atoms with Gasteiger partial charge >= 0.3 is 0 Å². The molecule has 0 radical (unpaired) electrons. The average Bonchev–Trinajstić information content (AvgIpc) is 2.84. The van der Waals surface area contributed by atoms with Gasteiger partial charge in [-0.25, -0.2) is 0 Å². The largest absolute Gasteiger partial charge is 0.490 e. The van der Waals surface area contributed by atoms with Crippen molar-refractivity contribution in [2.75, 3.05) is 11.9 Å². The number of nitrogens with zero attached hydrogens (tertiary/aromatic N) is 1. The van der Waals surface area contributed by atoms with Gasteiger partial charge in [-0.1, -0.05) is 59.6 Å². The molecule has 0 heterocycles. The van der Waals surface area contributed by atoms with Gasteiger partial charge in [-0.15, -0.1) is 6.58 Å². The van der Waals surface area contributed by atoms with E-state index in [-0.39, 0.29) is 12.2 Å². The van der Waals surface area contributed by atoms with E-state index < -0.39 is 5.91 Å². The van der Waals surface area contributed by atoms with Gasteiger partial charge in [0.1, 0.15) is 18.2 Å². The molecule has 0 aromatic heterocycles. The molecule has 0 fully saturated rings. The molecule has 0 bridgehead atoms. The molecule has 0 aliphatic rings. The van der Waals surface area contributed by atoms with Crippen LogP contribution >= 0.6 is 23.2 Å². The number of anilines is 1. The Hall–Kier alpha value is -3.72. The Labute approximate surface area is 215 Å². The summed E-state index contributed by atoms with van der Waals surface area (Å²) in [5, 5.41) is 13.3. The van der Waals surface area contributed by atoms with Gasteiger partial charge in [0, 0.05) is 16.1 Å². The van der Waals surface area contributed by atoms with Crippen molar-refractivity contribution >= 4 is 40.9 Å². The first-order chi connectivity index (χ1) is 17.0. The van der Waals surface area contributed by atoms with Crippen LogP contribution in [0, 0.1) is 11.3 Å². The van der Waals surface area contributed by atoms with Gasteiger partial charge in [-0.2, -0.15) is 5.26 Å². The summed E-state index contributed by atoms with van der Waals surface area (Å²) in [5.41, 5.74) is 2.59. The van der Waals surface area contributed by atoms with Crippen molar-refractivity contribution in [1.82, 2.24) is 0 Å². The predicted octanol–water partition coefficient (Wildman–Crippen LogP) is 7.25. The summed E-state index contributed by atoms with van der Waals surface area (Å²) in [6.45, 7) is 6.36. The Balaban J connectivity index is 1.95. The fourth-order valence-electron chi connectivity index (χ4n) is 3.33. The summed E-state index contributed by atoms with van der Waals surface area (Å²) in [4.78, 5) is 12.7. The maximum absolute atomic E-state index is 12.7. The molecular weight excluding hydrogens is 483 g/mol. The van der Waals surface area contributed by atoms with E-state index in [9.17, 15) is 10.1 Å². The molecule has 1 amide bonds. The Morgan fingerprint density at radius 2 is 1.77 bits per heavy atom. The lowest BCUT2D eigenvalue weighted by molar-refractivity contribution is -0.112. The lowest BCUT2D eigenvalue weighted by Crippen LogP contribution is -2.13. The maximum atomic E-state index is 12.7. The van der Waals surface area contributed by atoms with Crippen LogP contribution in [-0.2, 0) is 17.8 Å². The van der Waals surface area contributed by atoms with Crippen LogP contribution in [0.15, 0.2) is 78.9 Å². The predicted molar refractivity (Wildman–Crippen MR) is 141 cm³/mol. The number of carbonyl (C=O) groups excluding carboxylic acids is 1. The number of para-hydroxylation sites is 1. The minimum atomic E-state index is -0.567. The number of carbonyl (C=O) groups is 1. The van der Waals surface area contributed by atoms with E-state index in [0.29, 0.717) is 45.8 Å². The van der Waals surface area contributed by atoms with Crippen LogP contribution in [0.25, 0.3) is 6.08 Å². The molecule has 7 heteroatoms. The molecule has 35 heavy (non-hydrogen) atoms. The van der Waals surface area contributed by atoms with E-state index in [2.05, 4.69) is 11.9 Å². The van der Waals surface area contributed by atoms with Gasteiger partial charge in [0.05, 0.1) is 17.3 Å². The molecule has 0 aliphatic heterocycles. The van der Waals surface area contributed by atoms with Gasteiger partial charge in [-0.05, 0) is 55.3 Å². The molecule has 3 aromatic rings. The molecule has 178 valence electrons. The van der Waals surface area contributed by atoms with E-state index in [1.807, 2.05) is 37.3 Å². The summed E-state index contributed by atoms with van der Waals surface area (Å²) in [6.07, 6.45) is 3.74. The summed E-state index contributed by atoms with van der Waals surface area (Å²) in [7, 11) is 0. The average molecular weight is 507 g/mol. The quantitative estimate of drug-likeness (QED) is 0.178. The summed E-state index contributed by atoms with van der Waals surface area (Å²) >= 11 is 12.4. The number of benzene rings is 3. The number of hydrogen-bond donors (Lipinski definition) is 1. The van der Waals surface area contributed by atoms with Gasteiger partial charge in [0.25, 0.3) is 5.91 Å². The summed E-state index contributed by atoms with van der Waals surface area (Å²) < 4.78 is 12.0. The summed E-state index contributed by atoms with van der Waals surface area (Å²) in [6, 6.07) is 19.8. The standard InChI is InChI=1S/C28H24Cl2N2O3/c1-3-9-20-14-19(15-22(17-31)28(33)32-25-13-8-7-12-24(25)30)16-26(34-4-2)27(20)35-18-21-10-5-6-11-23(21)29/h3,5-8,10-16H,1,4,9,18H2,2H3,(H,32,33)/b22-15+. The number of hydrogen-bond acceptors (Lipinski definition) is 4. The Bertz CT molecular complexity index is 1300. The smallest absolute Gasteiger partial charge is 0.266 e. The maximum Gasteiger partial charge on any atom is 0.266 e. The fourth-order valence-corrected chi connectivity index (χ4v) is 3.71.